The van der Waals surface area contributed by atoms with E-state index in [2.05, 4.69) is 18.2 Å². The van der Waals surface area contributed by atoms with E-state index in [1.807, 2.05) is 0 Å². The number of hydrogen-bond donors (Lipinski definition) is 1. The van der Waals surface area contributed by atoms with Crippen LogP contribution in [0.1, 0.15) is 62.0 Å². The predicted octanol–water partition coefficient (Wildman–Crippen LogP) is 3.69. The average molecular weight is 245 g/mol. The quantitative estimate of drug-likeness (QED) is 0.881. The molecule has 2 fully saturated rings. The van der Waals surface area contributed by atoms with Gasteiger partial charge in [-0.3, -0.25) is 0 Å². The number of hydrogen-bond acceptors (Lipinski definition) is 2. The van der Waals surface area contributed by atoms with E-state index >= 15 is 0 Å². The van der Waals surface area contributed by atoms with E-state index in [-0.39, 0.29) is 5.54 Å². The van der Waals surface area contributed by atoms with Gasteiger partial charge in [-0.1, -0.05) is 18.9 Å². The fraction of sp³-hybridized carbons (Fsp3) is 0.625. The second kappa shape index (κ2) is 4.58. The number of methoxy groups -OCH3 is 1. The van der Waals surface area contributed by atoms with Crippen LogP contribution in [-0.4, -0.2) is 7.11 Å². The molecule has 1 aromatic carbocycles. The van der Waals surface area contributed by atoms with Gasteiger partial charge in [0.05, 0.1) is 7.11 Å². The van der Waals surface area contributed by atoms with Crippen LogP contribution in [0.2, 0.25) is 0 Å². The van der Waals surface area contributed by atoms with Crippen LogP contribution >= 0.6 is 0 Å². The maximum atomic E-state index is 6.49. The molecule has 2 saturated carbocycles. The summed E-state index contributed by atoms with van der Waals surface area (Å²) < 4.78 is 5.51. The van der Waals surface area contributed by atoms with Gasteiger partial charge in [0.1, 0.15) is 5.75 Å². The summed E-state index contributed by atoms with van der Waals surface area (Å²) in [6, 6.07) is 6.68. The maximum Gasteiger partial charge on any atom is 0.123 e. The molecule has 2 aliphatic carbocycles. The number of rotatable bonds is 3. The summed E-state index contributed by atoms with van der Waals surface area (Å²) in [6.07, 6.45) is 8.86. The number of nitrogens with two attached hydrogens (primary N) is 1. The summed E-state index contributed by atoms with van der Waals surface area (Å²) in [5, 5.41) is 0. The Bertz CT molecular complexity index is 431. The van der Waals surface area contributed by atoms with Crippen LogP contribution < -0.4 is 10.5 Å². The molecule has 2 aliphatic rings. The Morgan fingerprint density at radius 3 is 2.44 bits per heavy atom. The van der Waals surface area contributed by atoms with E-state index in [9.17, 15) is 0 Å². The predicted molar refractivity (Wildman–Crippen MR) is 73.9 cm³/mol. The first-order chi connectivity index (χ1) is 8.73. The highest BCUT2D eigenvalue weighted by molar-refractivity contribution is 5.44. The first-order valence-electron chi connectivity index (χ1n) is 7.20. The highest BCUT2D eigenvalue weighted by Crippen LogP contribution is 2.45. The summed E-state index contributed by atoms with van der Waals surface area (Å²) >= 11 is 0. The SMILES string of the molecule is COc1ccc(C2CCCC2)cc1C1(N)CCC1. The van der Waals surface area contributed by atoms with Crippen LogP contribution in [-0.2, 0) is 5.54 Å². The van der Waals surface area contributed by atoms with E-state index in [0.717, 1.165) is 24.5 Å². The van der Waals surface area contributed by atoms with E-state index < -0.39 is 0 Å². The Balaban J connectivity index is 1.96. The Labute approximate surface area is 110 Å². The van der Waals surface area contributed by atoms with E-state index in [1.165, 1.54) is 43.2 Å². The van der Waals surface area contributed by atoms with Gasteiger partial charge in [0.25, 0.3) is 0 Å². The van der Waals surface area contributed by atoms with Crippen molar-refractivity contribution in [1.82, 2.24) is 0 Å². The molecule has 98 valence electrons. The molecule has 0 heterocycles. The third kappa shape index (κ3) is 1.93. The van der Waals surface area contributed by atoms with Gasteiger partial charge < -0.3 is 10.5 Å². The maximum absolute atomic E-state index is 6.49. The first kappa shape index (κ1) is 12.0. The van der Waals surface area contributed by atoms with Crippen molar-refractivity contribution in [3.8, 4) is 5.75 Å². The van der Waals surface area contributed by atoms with Gasteiger partial charge >= 0.3 is 0 Å². The van der Waals surface area contributed by atoms with Gasteiger partial charge in [-0.15, -0.1) is 0 Å². The van der Waals surface area contributed by atoms with Crippen molar-refractivity contribution in [2.75, 3.05) is 7.11 Å². The van der Waals surface area contributed by atoms with E-state index in [4.69, 9.17) is 10.5 Å². The molecule has 0 spiro atoms. The van der Waals surface area contributed by atoms with Crippen LogP contribution in [0.4, 0.5) is 0 Å². The first-order valence-corrected chi connectivity index (χ1v) is 7.20. The minimum Gasteiger partial charge on any atom is -0.496 e. The van der Waals surface area contributed by atoms with Crippen LogP contribution in [0.25, 0.3) is 0 Å². The molecule has 3 rings (SSSR count). The van der Waals surface area contributed by atoms with Crippen LogP contribution in [0.3, 0.4) is 0 Å². The molecule has 1 aromatic rings. The molecular weight excluding hydrogens is 222 g/mol. The Hall–Kier alpha value is -1.02. The lowest BCUT2D eigenvalue weighted by Crippen LogP contribution is -2.43. The monoisotopic (exact) mass is 245 g/mol. The Kier molecular flexibility index (Phi) is 3.06. The topological polar surface area (TPSA) is 35.2 Å². The molecule has 2 N–H and O–H groups in total. The molecular formula is C16H23NO. The summed E-state index contributed by atoms with van der Waals surface area (Å²) in [7, 11) is 1.75. The Morgan fingerprint density at radius 2 is 1.89 bits per heavy atom. The highest BCUT2D eigenvalue weighted by atomic mass is 16.5. The summed E-state index contributed by atoms with van der Waals surface area (Å²) in [6.45, 7) is 0. The van der Waals surface area contributed by atoms with Gasteiger partial charge in [-0.25, -0.2) is 0 Å². The minimum absolute atomic E-state index is 0.125. The molecule has 2 nitrogen and oxygen atoms in total. The van der Waals surface area contributed by atoms with E-state index in [0.29, 0.717) is 0 Å². The van der Waals surface area contributed by atoms with Crippen molar-refractivity contribution in [1.29, 1.82) is 0 Å². The van der Waals surface area contributed by atoms with Crippen molar-refractivity contribution < 1.29 is 4.74 Å². The molecule has 0 atom stereocenters. The third-order valence-corrected chi connectivity index (χ3v) is 4.83. The van der Waals surface area contributed by atoms with Gasteiger partial charge in [-0.2, -0.15) is 0 Å². The highest BCUT2D eigenvalue weighted by Gasteiger charge is 2.37. The average Bonchev–Trinajstić information content (AvgIpc) is 2.89. The Morgan fingerprint density at radius 1 is 1.17 bits per heavy atom. The molecule has 0 radical (unpaired) electrons. The van der Waals surface area contributed by atoms with Gasteiger partial charge in [0.15, 0.2) is 0 Å². The number of ether oxygens (including phenoxy) is 1. The van der Waals surface area contributed by atoms with Crippen molar-refractivity contribution >= 4 is 0 Å². The second-order valence-corrected chi connectivity index (χ2v) is 5.95. The summed E-state index contributed by atoms with van der Waals surface area (Å²) in [5.74, 6) is 1.72. The molecule has 2 heteroatoms. The largest absolute Gasteiger partial charge is 0.496 e. The molecule has 0 unspecified atom stereocenters. The smallest absolute Gasteiger partial charge is 0.123 e. The van der Waals surface area contributed by atoms with Crippen LogP contribution in [0.5, 0.6) is 5.75 Å². The number of benzene rings is 1. The fourth-order valence-corrected chi connectivity index (χ4v) is 3.45. The van der Waals surface area contributed by atoms with Gasteiger partial charge in [-0.05, 0) is 55.7 Å². The van der Waals surface area contributed by atoms with E-state index in [1.54, 1.807) is 7.11 Å². The van der Waals surface area contributed by atoms with Gasteiger partial charge in [0, 0.05) is 11.1 Å². The van der Waals surface area contributed by atoms with Crippen LogP contribution in [0.15, 0.2) is 18.2 Å². The zero-order valence-electron chi connectivity index (χ0n) is 11.2. The molecule has 0 aromatic heterocycles. The lowest BCUT2D eigenvalue weighted by molar-refractivity contribution is 0.243. The zero-order chi connectivity index (χ0) is 12.6. The minimum atomic E-state index is -0.125. The summed E-state index contributed by atoms with van der Waals surface area (Å²) in [5.41, 5.74) is 9.07. The second-order valence-electron chi connectivity index (χ2n) is 5.95. The molecule has 0 amide bonds. The normalized spacial score (nSPS) is 22.8. The molecule has 18 heavy (non-hydrogen) atoms. The zero-order valence-corrected chi connectivity index (χ0v) is 11.2. The third-order valence-electron chi connectivity index (χ3n) is 4.83. The molecule has 0 aliphatic heterocycles. The fourth-order valence-electron chi connectivity index (χ4n) is 3.45. The standard InChI is InChI=1S/C16H23NO/c1-18-15-8-7-13(12-5-2-3-6-12)11-14(15)16(17)9-4-10-16/h7-8,11-12H,2-6,9-10,17H2,1H3. The van der Waals surface area contributed by atoms with Crippen molar-refractivity contribution in [2.45, 2.75) is 56.4 Å². The lowest BCUT2D eigenvalue weighted by atomic mass is 9.71. The molecule has 0 saturated heterocycles. The molecule has 0 bridgehead atoms. The van der Waals surface area contributed by atoms with Crippen LogP contribution in [0, 0.1) is 0 Å². The van der Waals surface area contributed by atoms with Crippen molar-refractivity contribution in [3.63, 3.8) is 0 Å². The van der Waals surface area contributed by atoms with Crippen molar-refractivity contribution in [2.24, 2.45) is 5.73 Å². The lowest BCUT2D eigenvalue weighted by Gasteiger charge is -2.39. The van der Waals surface area contributed by atoms with Gasteiger partial charge in [0.2, 0.25) is 0 Å². The summed E-state index contributed by atoms with van der Waals surface area (Å²) in [4.78, 5) is 0. The van der Waals surface area contributed by atoms with Crippen molar-refractivity contribution in [3.05, 3.63) is 29.3 Å².